The Balaban J connectivity index is 2.12. The monoisotopic (exact) mass is 300 g/mol. The molecule has 1 atom stereocenters. The summed E-state index contributed by atoms with van der Waals surface area (Å²) >= 11 is 0. The number of alkyl halides is 3. The van der Waals surface area contributed by atoms with Crippen LogP contribution in [0.15, 0.2) is 24.3 Å². The third-order valence-corrected chi connectivity index (χ3v) is 3.88. The maximum Gasteiger partial charge on any atom is 0.404 e. The Morgan fingerprint density at radius 3 is 2.48 bits per heavy atom. The number of nitrogens with one attached hydrogen (secondary N) is 2. The van der Waals surface area contributed by atoms with Crippen LogP contribution in [-0.4, -0.2) is 25.2 Å². The van der Waals surface area contributed by atoms with Crippen molar-refractivity contribution in [3.63, 3.8) is 0 Å². The van der Waals surface area contributed by atoms with Crippen molar-refractivity contribution in [2.24, 2.45) is 5.41 Å². The highest BCUT2D eigenvalue weighted by atomic mass is 19.4. The zero-order valence-corrected chi connectivity index (χ0v) is 11.9. The predicted molar refractivity (Wildman–Crippen MR) is 75.0 cm³/mol. The maximum absolute atomic E-state index is 13.2. The molecule has 1 aliphatic heterocycles. The SMILES string of the molecule is CCCc1ccc(NC(=O)C2(C(F)(F)F)CCNC2)cc1. The summed E-state index contributed by atoms with van der Waals surface area (Å²) in [5.74, 6) is -0.983. The van der Waals surface area contributed by atoms with Gasteiger partial charge in [-0.3, -0.25) is 4.79 Å². The van der Waals surface area contributed by atoms with Crippen LogP contribution in [0, 0.1) is 5.41 Å². The zero-order valence-electron chi connectivity index (χ0n) is 11.9. The molecule has 0 bridgehead atoms. The van der Waals surface area contributed by atoms with E-state index in [9.17, 15) is 18.0 Å². The number of carbonyl (C=O) groups excluding carboxylic acids is 1. The van der Waals surface area contributed by atoms with Crippen molar-refractivity contribution in [3.05, 3.63) is 29.8 Å². The molecule has 1 saturated heterocycles. The van der Waals surface area contributed by atoms with Gasteiger partial charge < -0.3 is 10.6 Å². The van der Waals surface area contributed by atoms with E-state index in [-0.39, 0.29) is 19.5 Å². The Bertz CT molecular complexity index is 491. The second-order valence-corrected chi connectivity index (χ2v) is 5.41. The smallest absolute Gasteiger partial charge is 0.325 e. The second kappa shape index (κ2) is 6.05. The summed E-state index contributed by atoms with van der Waals surface area (Å²) in [6.07, 6.45) is -2.88. The second-order valence-electron chi connectivity index (χ2n) is 5.41. The first-order chi connectivity index (χ1) is 9.89. The molecule has 1 heterocycles. The van der Waals surface area contributed by atoms with Crippen molar-refractivity contribution in [1.82, 2.24) is 5.32 Å². The van der Waals surface area contributed by atoms with E-state index >= 15 is 0 Å². The number of carbonyl (C=O) groups is 1. The van der Waals surface area contributed by atoms with Crippen LogP contribution in [0.4, 0.5) is 18.9 Å². The quantitative estimate of drug-likeness (QED) is 0.897. The van der Waals surface area contributed by atoms with E-state index in [1.54, 1.807) is 12.1 Å². The first kappa shape index (κ1) is 15.8. The number of rotatable bonds is 4. The van der Waals surface area contributed by atoms with Crippen LogP contribution in [0.5, 0.6) is 0 Å². The Morgan fingerprint density at radius 1 is 1.33 bits per heavy atom. The predicted octanol–water partition coefficient (Wildman–Crippen LogP) is 3.12. The molecule has 0 aromatic heterocycles. The Labute approximate surface area is 121 Å². The number of halogens is 3. The Hall–Kier alpha value is -1.56. The third-order valence-electron chi connectivity index (χ3n) is 3.88. The van der Waals surface area contributed by atoms with Gasteiger partial charge in [-0.15, -0.1) is 0 Å². The van der Waals surface area contributed by atoms with E-state index in [1.807, 2.05) is 12.1 Å². The molecule has 116 valence electrons. The van der Waals surface area contributed by atoms with Crippen LogP contribution < -0.4 is 10.6 Å². The van der Waals surface area contributed by atoms with E-state index in [2.05, 4.69) is 17.6 Å². The molecule has 1 amide bonds. The zero-order chi connectivity index (χ0) is 15.5. The minimum Gasteiger partial charge on any atom is -0.325 e. The Morgan fingerprint density at radius 2 is 2.00 bits per heavy atom. The molecule has 21 heavy (non-hydrogen) atoms. The molecule has 0 saturated carbocycles. The van der Waals surface area contributed by atoms with Gasteiger partial charge in [0.15, 0.2) is 5.41 Å². The summed E-state index contributed by atoms with van der Waals surface area (Å²) in [7, 11) is 0. The topological polar surface area (TPSA) is 41.1 Å². The normalized spacial score (nSPS) is 22.3. The molecule has 1 aromatic rings. The van der Waals surface area contributed by atoms with Crippen molar-refractivity contribution in [1.29, 1.82) is 0 Å². The number of hydrogen-bond acceptors (Lipinski definition) is 2. The van der Waals surface area contributed by atoms with Crippen LogP contribution >= 0.6 is 0 Å². The van der Waals surface area contributed by atoms with Crippen LogP contribution in [0.3, 0.4) is 0 Å². The van der Waals surface area contributed by atoms with Gasteiger partial charge in [0, 0.05) is 12.2 Å². The molecular weight excluding hydrogens is 281 g/mol. The lowest BCUT2D eigenvalue weighted by Gasteiger charge is -2.29. The lowest BCUT2D eigenvalue weighted by atomic mass is 9.85. The van der Waals surface area contributed by atoms with Crippen molar-refractivity contribution in [2.45, 2.75) is 32.4 Å². The fourth-order valence-electron chi connectivity index (χ4n) is 2.55. The van der Waals surface area contributed by atoms with Crippen molar-refractivity contribution < 1.29 is 18.0 Å². The van der Waals surface area contributed by atoms with Gasteiger partial charge in [0.2, 0.25) is 5.91 Å². The number of benzene rings is 1. The van der Waals surface area contributed by atoms with Crippen LogP contribution in [0.25, 0.3) is 0 Å². The molecule has 1 aromatic carbocycles. The molecule has 1 aliphatic rings. The van der Waals surface area contributed by atoms with E-state index in [0.717, 1.165) is 18.4 Å². The summed E-state index contributed by atoms with van der Waals surface area (Å²) in [4.78, 5) is 12.1. The van der Waals surface area contributed by atoms with Crippen molar-refractivity contribution in [3.8, 4) is 0 Å². The molecule has 0 radical (unpaired) electrons. The van der Waals surface area contributed by atoms with E-state index in [4.69, 9.17) is 0 Å². The molecule has 0 aliphatic carbocycles. The summed E-state index contributed by atoms with van der Waals surface area (Å²) < 4.78 is 39.7. The van der Waals surface area contributed by atoms with Gasteiger partial charge in [-0.25, -0.2) is 0 Å². The van der Waals surface area contributed by atoms with Crippen molar-refractivity contribution >= 4 is 11.6 Å². The summed E-state index contributed by atoms with van der Waals surface area (Å²) in [6.45, 7) is 1.88. The van der Waals surface area contributed by atoms with Crippen LogP contribution in [0.1, 0.15) is 25.3 Å². The third kappa shape index (κ3) is 3.20. The number of hydrogen-bond donors (Lipinski definition) is 2. The Kier molecular flexibility index (Phi) is 4.56. The van der Waals surface area contributed by atoms with Gasteiger partial charge >= 0.3 is 6.18 Å². The molecule has 0 spiro atoms. The fourth-order valence-corrected chi connectivity index (χ4v) is 2.55. The van der Waals surface area contributed by atoms with Gasteiger partial charge in [0.25, 0.3) is 0 Å². The van der Waals surface area contributed by atoms with E-state index < -0.39 is 17.5 Å². The van der Waals surface area contributed by atoms with Gasteiger partial charge in [0.05, 0.1) is 0 Å². The minimum atomic E-state index is -4.55. The van der Waals surface area contributed by atoms with Crippen molar-refractivity contribution in [2.75, 3.05) is 18.4 Å². The average Bonchev–Trinajstić information content (AvgIpc) is 2.91. The largest absolute Gasteiger partial charge is 0.404 e. The minimum absolute atomic E-state index is 0.197. The highest BCUT2D eigenvalue weighted by Crippen LogP contribution is 2.43. The highest BCUT2D eigenvalue weighted by Gasteiger charge is 2.61. The standard InChI is InChI=1S/C15H19F3N2O/c1-2-3-11-4-6-12(7-5-11)20-13(21)14(15(16,17)18)8-9-19-10-14/h4-7,19H,2-3,8-10H2,1H3,(H,20,21). The molecular formula is C15H19F3N2O. The first-order valence-corrected chi connectivity index (χ1v) is 7.07. The van der Waals surface area contributed by atoms with Gasteiger partial charge in [-0.2, -0.15) is 13.2 Å². The van der Waals surface area contributed by atoms with Gasteiger partial charge in [-0.05, 0) is 37.1 Å². The molecule has 1 fully saturated rings. The van der Waals surface area contributed by atoms with Crippen LogP contribution in [0.2, 0.25) is 0 Å². The van der Waals surface area contributed by atoms with Gasteiger partial charge in [-0.1, -0.05) is 25.5 Å². The highest BCUT2D eigenvalue weighted by molar-refractivity contribution is 5.96. The maximum atomic E-state index is 13.2. The van der Waals surface area contributed by atoms with E-state index in [1.165, 1.54) is 0 Å². The van der Waals surface area contributed by atoms with Crippen LogP contribution in [-0.2, 0) is 11.2 Å². The first-order valence-electron chi connectivity index (χ1n) is 7.07. The van der Waals surface area contributed by atoms with Gasteiger partial charge in [0.1, 0.15) is 0 Å². The average molecular weight is 300 g/mol. The number of amides is 1. The molecule has 2 rings (SSSR count). The summed E-state index contributed by atoms with van der Waals surface area (Å²) in [5.41, 5.74) is -0.825. The van der Waals surface area contributed by atoms with E-state index in [0.29, 0.717) is 5.69 Å². The number of anilines is 1. The number of aryl methyl sites for hydroxylation is 1. The molecule has 1 unspecified atom stereocenters. The lowest BCUT2D eigenvalue weighted by Crippen LogP contribution is -2.49. The molecule has 6 heteroatoms. The summed E-state index contributed by atoms with van der Waals surface area (Å²) in [5, 5.41) is 5.03. The molecule has 3 nitrogen and oxygen atoms in total. The lowest BCUT2D eigenvalue weighted by molar-refractivity contribution is -0.213. The summed E-state index contributed by atoms with van der Waals surface area (Å²) in [6, 6.07) is 6.95. The molecule has 2 N–H and O–H groups in total. The fraction of sp³-hybridized carbons (Fsp3) is 0.533.